The van der Waals surface area contributed by atoms with Gasteiger partial charge >= 0.3 is 5.97 Å². The number of hydrogen-bond donors (Lipinski definition) is 3. The van der Waals surface area contributed by atoms with Gasteiger partial charge in [-0.2, -0.15) is 0 Å². The molecule has 0 heterocycles. The van der Waals surface area contributed by atoms with Gasteiger partial charge in [-0.1, -0.05) is 27.7 Å². The lowest BCUT2D eigenvalue weighted by Gasteiger charge is -2.62. The molecule has 0 spiro atoms. The van der Waals surface area contributed by atoms with Crippen LogP contribution in [0, 0.1) is 34.0 Å². The number of Topliss-reactive ketones (excluding diaryl/α,β-unsaturated/α-hetero) is 1. The summed E-state index contributed by atoms with van der Waals surface area (Å²) < 4.78 is 5.76. The summed E-state index contributed by atoms with van der Waals surface area (Å²) in [7, 11) is 0. The topological polar surface area (TPSA) is 110 Å². The lowest BCUT2D eigenvalue weighted by molar-refractivity contribution is -0.211. The van der Waals surface area contributed by atoms with Crippen LogP contribution >= 0.6 is 0 Å². The van der Waals surface area contributed by atoms with Crippen molar-refractivity contribution in [1.29, 1.82) is 0 Å². The molecule has 0 aromatic rings. The summed E-state index contributed by atoms with van der Waals surface area (Å²) in [5, 5.41) is 20.6. The predicted molar refractivity (Wildman–Crippen MR) is 101 cm³/mol. The summed E-state index contributed by atoms with van der Waals surface area (Å²) in [6.07, 6.45) is 2.28. The van der Waals surface area contributed by atoms with E-state index in [1.807, 2.05) is 6.92 Å². The third kappa shape index (κ3) is 2.78. The number of nitrogens with two attached hydrogens (primary N) is 1. The van der Waals surface area contributed by atoms with Crippen LogP contribution in [0.3, 0.4) is 0 Å². The zero-order valence-electron chi connectivity index (χ0n) is 17.0. The third-order valence-electron chi connectivity index (χ3n) is 8.77. The van der Waals surface area contributed by atoms with Crippen LogP contribution < -0.4 is 5.73 Å². The highest BCUT2D eigenvalue weighted by Gasteiger charge is 2.68. The van der Waals surface area contributed by atoms with E-state index >= 15 is 0 Å². The van der Waals surface area contributed by atoms with Gasteiger partial charge in [0.25, 0.3) is 0 Å². The number of hydrogen-bond acceptors (Lipinski definition) is 6. The molecular weight excluding hydrogens is 346 g/mol. The van der Waals surface area contributed by atoms with Gasteiger partial charge in [0.1, 0.15) is 18.5 Å². The van der Waals surface area contributed by atoms with Gasteiger partial charge in [0, 0.05) is 29.7 Å². The van der Waals surface area contributed by atoms with Crippen molar-refractivity contribution in [2.24, 2.45) is 39.7 Å². The van der Waals surface area contributed by atoms with E-state index in [9.17, 15) is 19.8 Å². The molecule has 3 rings (SSSR count). The second-order valence-corrected chi connectivity index (χ2v) is 9.87. The molecular formula is C21H35NO5. The normalized spacial score (nSPS) is 49.9. The second-order valence-electron chi connectivity index (χ2n) is 9.87. The molecule has 3 fully saturated rings. The van der Waals surface area contributed by atoms with E-state index in [2.05, 4.69) is 20.8 Å². The standard InChI is InChI=1S/C21H35NO5/c1-12-5-7-21-8-6-14(24)17(21)20(12,4)15(27-16(25)10-23)9-19(3,11-22)18(26)13(21)2/h12-13,15,17-18,23,26H,5-11,22H2,1-4H3/t12?,13-,15+,17-,18-,19-,20-,21-/m0/s1. The predicted octanol–water partition coefficient (Wildman–Crippen LogP) is 1.66. The SMILES string of the molecule is CC1CC[C@@]23CCC(=O)[C@H]2[C@]1(C)[C@H](OC(=O)CO)C[C@@](C)(CN)[C@@H](O)[C@@H]3C. The fourth-order valence-electron chi connectivity index (χ4n) is 6.75. The Morgan fingerprint density at radius 1 is 1.30 bits per heavy atom. The van der Waals surface area contributed by atoms with Gasteiger partial charge in [0.15, 0.2) is 0 Å². The van der Waals surface area contributed by atoms with Gasteiger partial charge in [0.05, 0.1) is 6.10 Å². The summed E-state index contributed by atoms with van der Waals surface area (Å²) >= 11 is 0. The number of aliphatic hydroxyl groups excluding tert-OH is 2. The molecule has 27 heavy (non-hydrogen) atoms. The molecule has 8 atom stereocenters. The van der Waals surface area contributed by atoms with Crippen molar-refractivity contribution in [2.75, 3.05) is 13.2 Å². The Bertz CT molecular complexity index is 624. The molecule has 3 saturated carbocycles. The lowest BCUT2D eigenvalue weighted by atomic mass is 9.44. The Morgan fingerprint density at radius 3 is 2.56 bits per heavy atom. The van der Waals surface area contributed by atoms with Crippen molar-refractivity contribution in [2.45, 2.75) is 72.0 Å². The van der Waals surface area contributed by atoms with Gasteiger partial charge in [-0.15, -0.1) is 0 Å². The van der Waals surface area contributed by atoms with Gasteiger partial charge in [-0.25, -0.2) is 4.79 Å². The quantitative estimate of drug-likeness (QED) is 0.641. The Kier molecular flexibility index (Phi) is 5.24. The first-order chi connectivity index (χ1) is 12.6. The first kappa shape index (κ1) is 20.7. The minimum atomic E-state index is -0.691. The van der Waals surface area contributed by atoms with Crippen LogP contribution in [0.1, 0.15) is 59.8 Å². The summed E-state index contributed by atoms with van der Waals surface area (Å²) in [4.78, 5) is 25.2. The van der Waals surface area contributed by atoms with E-state index in [0.29, 0.717) is 12.8 Å². The van der Waals surface area contributed by atoms with Crippen molar-refractivity contribution >= 4 is 11.8 Å². The summed E-state index contributed by atoms with van der Waals surface area (Å²) in [5.41, 5.74) is 4.68. The van der Waals surface area contributed by atoms with Crippen LogP contribution in [0.2, 0.25) is 0 Å². The molecule has 0 aromatic heterocycles. The van der Waals surface area contributed by atoms with E-state index in [-0.39, 0.29) is 35.5 Å². The Labute approximate surface area is 161 Å². The zero-order chi connectivity index (χ0) is 20.2. The van der Waals surface area contributed by atoms with E-state index < -0.39 is 35.6 Å². The smallest absolute Gasteiger partial charge is 0.332 e. The van der Waals surface area contributed by atoms with Crippen molar-refractivity contribution in [3.05, 3.63) is 0 Å². The first-order valence-electron chi connectivity index (χ1n) is 10.3. The molecule has 6 heteroatoms. The number of ketones is 1. The molecule has 0 aliphatic heterocycles. The van der Waals surface area contributed by atoms with E-state index in [1.165, 1.54) is 0 Å². The van der Waals surface area contributed by atoms with Crippen LogP contribution in [0.4, 0.5) is 0 Å². The second kappa shape index (κ2) is 6.82. The number of rotatable bonds is 3. The fourth-order valence-corrected chi connectivity index (χ4v) is 6.75. The number of esters is 1. The number of ether oxygens (including phenoxy) is 1. The van der Waals surface area contributed by atoms with Crippen LogP contribution in [0.5, 0.6) is 0 Å². The summed E-state index contributed by atoms with van der Waals surface area (Å²) in [5.74, 6) is -0.554. The monoisotopic (exact) mass is 381 g/mol. The number of carbonyl (C=O) groups excluding carboxylic acids is 2. The molecule has 0 aromatic carbocycles. The maximum atomic E-state index is 13.1. The van der Waals surface area contributed by atoms with Crippen LogP contribution in [-0.4, -0.2) is 47.3 Å². The number of aliphatic hydroxyl groups is 2. The average Bonchev–Trinajstić information content (AvgIpc) is 3.00. The van der Waals surface area contributed by atoms with Crippen molar-refractivity contribution < 1.29 is 24.5 Å². The van der Waals surface area contributed by atoms with E-state index in [0.717, 1.165) is 19.3 Å². The van der Waals surface area contributed by atoms with Crippen LogP contribution in [-0.2, 0) is 14.3 Å². The highest BCUT2D eigenvalue weighted by Crippen LogP contribution is 2.67. The fraction of sp³-hybridized carbons (Fsp3) is 0.905. The van der Waals surface area contributed by atoms with Gasteiger partial charge in [-0.05, 0) is 42.9 Å². The summed E-state index contributed by atoms with van der Waals surface area (Å²) in [6, 6.07) is 0. The first-order valence-corrected chi connectivity index (χ1v) is 10.3. The molecule has 0 amide bonds. The van der Waals surface area contributed by atoms with Gasteiger partial charge in [0.2, 0.25) is 0 Å². The molecule has 1 unspecified atom stereocenters. The highest BCUT2D eigenvalue weighted by atomic mass is 16.6. The third-order valence-corrected chi connectivity index (χ3v) is 8.77. The highest BCUT2D eigenvalue weighted by molar-refractivity contribution is 5.85. The van der Waals surface area contributed by atoms with E-state index in [1.54, 1.807) is 0 Å². The van der Waals surface area contributed by atoms with Gasteiger partial charge in [-0.3, -0.25) is 4.79 Å². The molecule has 154 valence electrons. The largest absolute Gasteiger partial charge is 0.460 e. The van der Waals surface area contributed by atoms with Crippen molar-refractivity contribution in [3.63, 3.8) is 0 Å². The Hall–Kier alpha value is -0.980. The van der Waals surface area contributed by atoms with Crippen LogP contribution in [0.25, 0.3) is 0 Å². The molecule has 4 N–H and O–H groups in total. The van der Waals surface area contributed by atoms with Gasteiger partial charge < -0.3 is 20.7 Å². The Balaban J connectivity index is 2.19. The zero-order valence-corrected chi connectivity index (χ0v) is 17.0. The average molecular weight is 382 g/mol. The molecule has 0 saturated heterocycles. The summed E-state index contributed by atoms with van der Waals surface area (Å²) in [6.45, 7) is 7.81. The Morgan fingerprint density at radius 2 is 1.96 bits per heavy atom. The lowest BCUT2D eigenvalue weighted by Crippen LogP contribution is -2.64. The molecule has 6 nitrogen and oxygen atoms in total. The maximum absolute atomic E-state index is 13.1. The van der Waals surface area contributed by atoms with Crippen molar-refractivity contribution in [3.8, 4) is 0 Å². The molecule has 0 radical (unpaired) electrons. The molecule has 3 aliphatic rings. The number of carbonyl (C=O) groups is 2. The van der Waals surface area contributed by atoms with E-state index in [4.69, 9.17) is 10.5 Å². The minimum Gasteiger partial charge on any atom is -0.460 e. The minimum absolute atomic E-state index is 0.0520. The maximum Gasteiger partial charge on any atom is 0.332 e. The molecule has 2 bridgehead atoms. The van der Waals surface area contributed by atoms with Crippen LogP contribution in [0.15, 0.2) is 0 Å². The molecule has 3 aliphatic carbocycles. The van der Waals surface area contributed by atoms with Crippen molar-refractivity contribution in [1.82, 2.24) is 0 Å².